The molecule has 0 saturated carbocycles. The van der Waals surface area contributed by atoms with Gasteiger partial charge in [0.15, 0.2) is 5.82 Å². The predicted molar refractivity (Wildman–Crippen MR) is 85.0 cm³/mol. The molecule has 1 aromatic carbocycles. The third-order valence-corrected chi connectivity index (χ3v) is 3.50. The number of amides is 1. The van der Waals surface area contributed by atoms with E-state index in [1.54, 1.807) is 12.1 Å². The Labute approximate surface area is 129 Å². The number of aromatic nitrogens is 2. The Balaban J connectivity index is 2.16. The van der Waals surface area contributed by atoms with Gasteiger partial charge in [-0.3, -0.25) is 10.0 Å². The van der Waals surface area contributed by atoms with E-state index in [4.69, 9.17) is 0 Å². The summed E-state index contributed by atoms with van der Waals surface area (Å²) >= 11 is 0. The van der Waals surface area contributed by atoms with Gasteiger partial charge in [-0.25, -0.2) is 15.0 Å². The fourth-order valence-corrected chi connectivity index (χ4v) is 1.80. The average Bonchev–Trinajstić information content (AvgIpc) is 2.54. The van der Waals surface area contributed by atoms with Gasteiger partial charge in [0.2, 0.25) is 0 Å². The molecule has 6 heteroatoms. The number of para-hydroxylation sites is 1. The lowest BCUT2D eigenvalue weighted by atomic mass is 10.1. The molecule has 0 spiro atoms. The van der Waals surface area contributed by atoms with Crippen molar-refractivity contribution in [3.05, 3.63) is 48.4 Å². The second-order valence-electron chi connectivity index (χ2n) is 5.41. The summed E-state index contributed by atoms with van der Waals surface area (Å²) < 4.78 is 0. The van der Waals surface area contributed by atoms with Crippen LogP contribution in [0.2, 0.25) is 0 Å². The zero-order chi connectivity index (χ0) is 16.1. The largest absolute Gasteiger partial charge is 0.321 e. The summed E-state index contributed by atoms with van der Waals surface area (Å²) in [5.74, 6) is 0.191. The minimum Gasteiger partial charge on any atom is -0.321 e. The Kier molecular flexibility index (Phi) is 5.06. The van der Waals surface area contributed by atoms with Crippen molar-refractivity contribution < 1.29 is 10.0 Å². The minimum atomic E-state index is -0.347. The number of nitrogens with zero attached hydrogens (tertiary/aromatic N) is 3. The summed E-state index contributed by atoms with van der Waals surface area (Å²) in [6, 6.07) is 10.5. The first kappa shape index (κ1) is 15.9. The summed E-state index contributed by atoms with van der Waals surface area (Å²) in [7, 11) is 0. The maximum atomic E-state index is 12.2. The highest BCUT2D eigenvalue weighted by Gasteiger charge is 2.18. The van der Waals surface area contributed by atoms with Gasteiger partial charge >= 0.3 is 0 Å². The number of hydrogen-bond acceptors (Lipinski definition) is 5. The predicted octanol–water partition coefficient (Wildman–Crippen LogP) is 2.97. The number of carbonyl (C=O) groups excluding carboxylic acids is 1. The van der Waals surface area contributed by atoms with Crippen molar-refractivity contribution in [2.24, 2.45) is 5.92 Å². The van der Waals surface area contributed by atoms with E-state index in [0.29, 0.717) is 11.5 Å². The van der Waals surface area contributed by atoms with Gasteiger partial charge in [-0.05, 0) is 25.0 Å². The fraction of sp³-hybridized carbons (Fsp3) is 0.312. The molecule has 0 saturated heterocycles. The summed E-state index contributed by atoms with van der Waals surface area (Å²) in [5, 5.41) is 14.0. The van der Waals surface area contributed by atoms with Crippen LogP contribution in [0.3, 0.4) is 0 Å². The number of hydroxylamine groups is 1. The lowest BCUT2D eigenvalue weighted by Crippen LogP contribution is -2.34. The molecule has 2 rings (SSSR count). The van der Waals surface area contributed by atoms with Crippen molar-refractivity contribution >= 4 is 17.4 Å². The summed E-state index contributed by atoms with van der Waals surface area (Å²) in [6.07, 6.45) is 1.27. The standard InChI is InChI=1S/C16H20N4O2/c1-11(2)12(3)20(22)15-9-14(17-10-18-15)16(21)19-13-7-5-4-6-8-13/h4-12,22H,1-3H3,(H,19,21). The Morgan fingerprint density at radius 1 is 1.18 bits per heavy atom. The maximum Gasteiger partial charge on any atom is 0.274 e. The molecule has 22 heavy (non-hydrogen) atoms. The molecule has 6 nitrogen and oxygen atoms in total. The van der Waals surface area contributed by atoms with E-state index in [9.17, 15) is 10.0 Å². The van der Waals surface area contributed by atoms with Gasteiger partial charge in [-0.2, -0.15) is 0 Å². The normalized spacial score (nSPS) is 12.0. The van der Waals surface area contributed by atoms with E-state index in [0.717, 1.165) is 5.06 Å². The highest BCUT2D eigenvalue weighted by atomic mass is 16.5. The number of anilines is 2. The monoisotopic (exact) mass is 300 g/mol. The smallest absolute Gasteiger partial charge is 0.274 e. The summed E-state index contributed by atoms with van der Waals surface area (Å²) in [6.45, 7) is 5.88. The van der Waals surface area contributed by atoms with E-state index in [-0.39, 0.29) is 23.6 Å². The summed E-state index contributed by atoms with van der Waals surface area (Å²) in [5.41, 5.74) is 0.882. The molecule has 1 atom stereocenters. The molecule has 2 aromatic rings. The number of hydrogen-bond donors (Lipinski definition) is 2. The molecule has 1 heterocycles. The molecule has 0 aliphatic carbocycles. The highest BCUT2D eigenvalue weighted by molar-refractivity contribution is 6.03. The van der Waals surface area contributed by atoms with Gasteiger partial charge in [-0.1, -0.05) is 32.0 Å². The van der Waals surface area contributed by atoms with Crippen molar-refractivity contribution in [3.63, 3.8) is 0 Å². The van der Waals surface area contributed by atoms with Crippen LogP contribution >= 0.6 is 0 Å². The van der Waals surface area contributed by atoms with Crippen molar-refractivity contribution in [2.45, 2.75) is 26.8 Å². The van der Waals surface area contributed by atoms with Crippen LogP contribution in [0.1, 0.15) is 31.3 Å². The van der Waals surface area contributed by atoms with E-state index < -0.39 is 0 Å². The first-order valence-electron chi connectivity index (χ1n) is 7.15. The van der Waals surface area contributed by atoms with Crippen LogP contribution in [-0.2, 0) is 0 Å². The second-order valence-corrected chi connectivity index (χ2v) is 5.41. The fourth-order valence-electron chi connectivity index (χ4n) is 1.80. The molecular formula is C16H20N4O2. The first-order valence-corrected chi connectivity index (χ1v) is 7.15. The van der Waals surface area contributed by atoms with Gasteiger partial charge in [-0.15, -0.1) is 0 Å². The Morgan fingerprint density at radius 2 is 1.86 bits per heavy atom. The maximum absolute atomic E-state index is 12.2. The van der Waals surface area contributed by atoms with Crippen LogP contribution in [0.15, 0.2) is 42.7 Å². The molecule has 0 bridgehead atoms. The number of benzene rings is 1. The topological polar surface area (TPSA) is 78.4 Å². The molecule has 1 aromatic heterocycles. The van der Waals surface area contributed by atoms with E-state index in [2.05, 4.69) is 15.3 Å². The Hall–Kier alpha value is -2.47. The third-order valence-electron chi connectivity index (χ3n) is 3.50. The second kappa shape index (κ2) is 7.00. The van der Waals surface area contributed by atoms with Crippen LogP contribution in [0.4, 0.5) is 11.5 Å². The van der Waals surface area contributed by atoms with E-state index in [1.165, 1.54) is 12.4 Å². The number of nitrogens with one attached hydrogen (secondary N) is 1. The lowest BCUT2D eigenvalue weighted by molar-refractivity contribution is 0.102. The molecular weight excluding hydrogens is 280 g/mol. The average molecular weight is 300 g/mol. The highest BCUT2D eigenvalue weighted by Crippen LogP contribution is 2.17. The van der Waals surface area contributed by atoms with Crippen molar-refractivity contribution in [3.8, 4) is 0 Å². The van der Waals surface area contributed by atoms with Crippen LogP contribution in [0.5, 0.6) is 0 Å². The minimum absolute atomic E-state index is 0.125. The van der Waals surface area contributed by atoms with Crippen LogP contribution < -0.4 is 10.4 Å². The molecule has 1 unspecified atom stereocenters. The molecule has 116 valence electrons. The van der Waals surface area contributed by atoms with Gasteiger partial charge in [0.05, 0.1) is 6.04 Å². The number of carbonyl (C=O) groups is 1. The zero-order valence-electron chi connectivity index (χ0n) is 12.9. The van der Waals surface area contributed by atoms with Crippen LogP contribution in [0.25, 0.3) is 0 Å². The number of rotatable bonds is 5. The molecule has 0 fully saturated rings. The van der Waals surface area contributed by atoms with Crippen LogP contribution in [-0.4, -0.2) is 27.1 Å². The van der Waals surface area contributed by atoms with Gasteiger partial charge in [0, 0.05) is 11.8 Å². The van der Waals surface area contributed by atoms with Crippen molar-refractivity contribution in [1.82, 2.24) is 9.97 Å². The Morgan fingerprint density at radius 3 is 2.50 bits per heavy atom. The zero-order valence-corrected chi connectivity index (χ0v) is 12.9. The molecule has 1 amide bonds. The quantitative estimate of drug-likeness (QED) is 0.830. The lowest BCUT2D eigenvalue weighted by Gasteiger charge is -2.26. The van der Waals surface area contributed by atoms with Gasteiger partial charge < -0.3 is 5.32 Å². The van der Waals surface area contributed by atoms with Crippen molar-refractivity contribution in [2.75, 3.05) is 10.4 Å². The molecule has 0 aliphatic heterocycles. The van der Waals surface area contributed by atoms with Crippen LogP contribution in [0, 0.1) is 5.92 Å². The van der Waals surface area contributed by atoms with E-state index >= 15 is 0 Å². The van der Waals surface area contributed by atoms with E-state index in [1.807, 2.05) is 39.0 Å². The third kappa shape index (κ3) is 3.79. The SMILES string of the molecule is CC(C)C(C)N(O)c1cc(C(=O)Nc2ccccc2)ncn1. The van der Waals surface area contributed by atoms with Gasteiger partial charge in [0.1, 0.15) is 12.0 Å². The molecule has 0 radical (unpaired) electrons. The molecule has 2 N–H and O–H groups in total. The summed E-state index contributed by atoms with van der Waals surface area (Å²) in [4.78, 5) is 20.2. The first-order chi connectivity index (χ1) is 10.5. The van der Waals surface area contributed by atoms with Gasteiger partial charge in [0.25, 0.3) is 5.91 Å². The molecule has 0 aliphatic rings. The Bertz CT molecular complexity index is 631. The van der Waals surface area contributed by atoms with Crippen molar-refractivity contribution in [1.29, 1.82) is 0 Å².